The van der Waals surface area contributed by atoms with Crippen molar-refractivity contribution < 1.29 is 14.0 Å². The van der Waals surface area contributed by atoms with E-state index in [1.165, 1.54) is 6.07 Å². The Hall–Kier alpha value is -2.69. The minimum Gasteiger partial charge on any atom is -0.356 e. The van der Waals surface area contributed by atoms with Gasteiger partial charge in [-0.3, -0.25) is 9.59 Å². The molecule has 2 aromatic carbocycles. The first kappa shape index (κ1) is 22.0. The van der Waals surface area contributed by atoms with Crippen molar-refractivity contribution in [1.82, 2.24) is 10.2 Å². The molecule has 0 aliphatic carbocycles. The summed E-state index contributed by atoms with van der Waals surface area (Å²) >= 11 is 0. The van der Waals surface area contributed by atoms with Gasteiger partial charge in [-0.05, 0) is 42.9 Å². The van der Waals surface area contributed by atoms with Gasteiger partial charge in [-0.15, -0.1) is 0 Å². The highest BCUT2D eigenvalue weighted by Crippen LogP contribution is 2.38. The summed E-state index contributed by atoms with van der Waals surface area (Å²) in [5.41, 5.74) is 1.55. The van der Waals surface area contributed by atoms with Gasteiger partial charge in [0.2, 0.25) is 11.8 Å². The molecule has 1 atom stereocenters. The molecular formula is C25H31FN2O2. The van der Waals surface area contributed by atoms with Crippen LogP contribution in [-0.2, 0) is 16.0 Å². The monoisotopic (exact) mass is 410 g/mol. The van der Waals surface area contributed by atoms with Gasteiger partial charge >= 0.3 is 0 Å². The van der Waals surface area contributed by atoms with E-state index in [0.717, 1.165) is 11.1 Å². The molecule has 2 aromatic rings. The number of benzene rings is 2. The zero-order valence-electron chi connectivity index (χ0n) is 18.1. The van der Waals surface area contributed by atoms with Gasteiger partial charge in [0.1, 0.15) is 5.82 Å². The lowest BCUT2D eigenvalue weighted by Gasteiger charge is -2.29. The number of likely N-dealkylation sites (tertiary alicyclic amines) is 1. The maximum atomic E-state index is 14.5. The lowest BCUT2D eigenvalue weighted by atomic mass is 9.78. The topological polar surface area (TPSA) is 49.4 Å². The number of hydrogen-bond acceptors (Lipinski definition) is 2. The van der Waals surface area contributed by atoms with Crippen LogP contribution >= 0.6 is 0 Å². The van der Waals surface area contributed by atoms with Crippen LogP contribution < -0.4 is 5.32 Å². The van der Waals surface area contributed by atoms with Gasteiger partial charge in [0.15, 0.2) is 0 Å². The van der Waals surface area contributed by atoms with Gasteiger partial charge in [0.05, 0.1) is 5.41 Å². The molecule has 1 saturated heterocycles. The molecule has 160 valence electrons. The molecule has 0 saturated carbocycles. The standard InChI is InChI=1S/C25H31FN2O2/c1-4-27-24(30)25(13-14-28(17-25)23(29)15-18(2)3)16-19-9-5-6-10-20(19)21-11-7-8-12-22(21)26/h5-12,18H,4,13-17H2,1-3H3,(H,27,30). The van der Waals surface area contributed by atoms with Crippen molar-refractivity contribution in [3.8, 4) is 11.1 Å². The van der Waals surface area contributed by atoms with Gasteiger partial charge in [-0.1, -0.05) is 56.3 Å². The normalized spacial score (nSPS) is 18.6. The molecule has 1 aliphatic heterocycles. The van der Waals surface area contributed by atoms with Crippen molar-refractivity contribution in [2.45, 2.75) is 40.0 Å². The highest BCUT2D eigenvalue weighted by molar-refractivity contribution is 5.86. The largest absolute Gasteiger partial charge is 0.356 e. The molecule has 1 heterocycles. The van der Waals surface area contributed by atoms with Crippen LogP contribution in [0.5, 0.6) is 0 Å². The predicted molar refractivity (Wildman–Crippen MR) is 117 cm³/mol. The maximum Gasteiger partial charge on any atom is 0.228 e. The Bertz CT molecular complexity index is 912. The van der Waals surface area contributed by atoms with Gasteiger partial charge in [-0.2, -0.15) is 0 Å². The Balaban J connectivity index is 1.94. The quantitative estimate of drug-likeness (QED) is 0.734. The Morgan fingerprint density at radius 2 is 1.77 bits per heavy atom. The van der Waals surface area contributed by atoms with Crippen LogP contribution in [0.1, 0.15) is 39.2 Å². The molecule has 5 heteroatoms. The second-order valence-corrected chi connectivity index (χ2v) is 8.62. The van der Waals surface area contributed by atoms with Gasteiger partial charge in [-0.25, -0.2) is 4.39 Å². The van der Waals surface area contributed by atoms with Crippen LogP contribution in [0.15, 0.2) is 48.5 Å². The molecule has 1 unspecified atom stereocenters. The third-order valence-corrected chi connectivity index (χ3v) is 5.82. The van der Waals surface area contributed by atoms with E-state index in [-0.39, 0.29) is 23.5 Å². The summed E-state index contributed by atoms with van der Waals surface area (Å²) in [6.45, 7) is 7.46. The van der Waals surface area contributed by atoms with E-state index in [1.54, 1.807) is 12.1 Å². The second kappa shape index (κ2) is 9.41. The van der Waals surface area contributed by atoms with Crippen LogP contribution in [0.3, 0.4) is 0 Å². The first-order valence-electron chi connectivity index (χ1n) is 10.7. The lowest BCUT2D eigenvalue weighted by molar-refractivity contribution is -0.133. The number of nitrogens with one attached hydrogen (secondary N) is 1. The third kappa shape index (κ3) is 4.72. The Morgan fingerprint density at radius 1 is 1.10 bits per heavy atom. The zero-order chi connectivity index (χ0) is 21.7. The van der Waals surface area contributed by atoms with E-state index in [9.17, 15) is 14.0 Å². The first-order chi connectivity index (χ1) is 14.4. The Kier molecular flexibility index (Phi) is 6.91. The fourth-order valence-electron chi connectivity index (χ4n) is 4.30. The van der Waals surface area contributed by atoms with Crippen LogP contribution in [0.25, 0.3) is 11.1 Å². The molecule has 1 fully saturated rings. The molecule has 0 radical (unpaired) electrons. The molecule has 0 aromatic heterocycles. The average molecular weight is 411 g/mol. The van der Waals surface area contributed by atoms with E-state index in [1.807, 2.05) is 56.0 Å². The number of carbonyl (C=O) groups is 2. The van der Waals surface area contributed by atoms with Crippen molar-refractivity contribution in [2.24, 2.45) is 11.3 Å². The molecule has 30 heavy (non-hydrogen) atoms. The summed E-state index contributed by atoms with van der Waals surface area (Å²) in [4.78, 5) is 27.6. The van der Waals surface area contributed by atoms with Crippen molar-refractivity contribution in [3.05, 3.63) is 59.9 Å². The Morgan fingerprint density at radius 3 is 2.43 bits per heavy atom. The smallest absolute Gasteiger partial charge is 0.228 e. The van der Waals surface area contributed by atoms with Crippen LogP contribution in [0.2, 0.25) is 0 Å². The Labute approximate surface area is 178 Å². The molecule has 1 aliphatic rings. The number of halogens is 1. The van der Waals surface area contributed by atoms with Crippen molar-refractivity contribution in [3.63, 3.8) is 0 Å². The minimum atomic E-state index is -0.704. The number of rotatable bonds is 7. The summed E-state index contributed by atoms with van der Waals surface area (Å²) in [6.07, 6.45) is 1.56. The zero-order valence-corrected chi connectivity index (χ0v) is 18.1. The summed E-state index contributed by atoms with van der Waals surface area (Å²) in [5.74, 6) is 0.0580. The maximum absolute atomic E-state index is 14.5. The van der Waals surface area contributed by atoms with Gasteiger partial charge < -0.3 is 10.2 Å². The van der Waals surface area contributed by atoms with E-state index in [0.29, 0.717) is 44.5 Å². The van der Waals surface area contributed by atoms with Gasteiger partial charge in [0.25, 0.3) is 0 Å². The van der Waals surface area contributed by atoms with Crippen molar-refractivity contribution >= 4 is 11.8 Å². The number of hydrogen-bond donors (Lipinski definition) is 1. The van der Waals surface area contributed by atoms with Crippen LogP contribution in [0, 0.1) is 17.2 Å². The number of amides is 2. The summed E-state index contributed by atoms with van der Waals surface area (Å²) in [5, 5.41) is 2.97. The highest BCUT2D eigenvalue weighted by atomic mass is 19.1. The molecule has 3 rings (SSSR count). The van der Waals surface area contributed by atoms with Crippen LogP contribution in [0.4, 0.5) is 4.39 Å². The average Bonchev–Trinajstić information content (AvgIpc) is 3.14. The van der Waals surface area contributed by atoms with Gasteiger partial charge in [0, 0.05) is 31.6 Å². The number of carbonyl (C=O) groups excluding carboxylic acids is 2. The fourth-order valence-corrected chi connectivity index (χ4v) is 4.30. The van der Waals surface area contributed by atoms with E-state index in [2.05, 4.69) is 5.32 Å². The third-order valence-electron chi connectivity index (χ3n) is 5.82. The predicted octanol–water partition coefficient (Wildman–Crippen LogP) is 4.44. The highest BCUT2D eigenvalue weighted by Gasteiger charge is 2.46. The van der Waals surface area contributed by atoms with E-state index < -0.39 is 5.41 Å². The molecular weight excluding hydrogens is 379 g/mol. The summed E-state index contributed by atoms with van der Waals surface area (Å²) in [7, 11) is 0. The minimum absolute atomic E-state index is 0.0341. The van der Waals surface area contributed by atoms with Crippen molar-refractivity contribution in [2.75, 3.05) is 19.6 Å². The van der Waals surface area contributed by atoms with Crippen molar-refractivity contribution in [1.29, 1.82) is 0 Å². The van der Waals surface area contributed by atoms with Crippen LogP contribution in [-0.4, -0.2) is 36.3 Å². The SMILES string of the molecule is CCNC(=O)C1(Cc2ccccc2-c2ccccc2F)CCN(C(=O)CC(C)C)C1. The second-order valence-electron chi connectivity index (χ2n) is 8.62. The first-order valence-corrected chi connectivity index (χ1v) is 10.7. The molecule has 0 bridgehead atoms. The number of nitrogens with zero attached hydrogens (tertiary/aromatic N) is 1. The molecule has 0 spiro atoms. The summed E-state index contributed by atoms with van der Waals surface area (Å²) < 4.78 is 14.5. The molecule has 2 amide bonds. The van der Waals surface area contributed by atoms with E-state index in [4.69, 9.17) is 0 Å². The molecule has 1 N–H and O–H groups in total. The summed E-state index contributed by atoms with van der Waals surface area (Å²) in [6, 6.07) is 14.4. The lowest BCUT2D eigenvalue weighted by Crippen LogP contribution is -2.45. The van der Waals surface area contributed by atoms with E-state index >= 15 is 0 Å². The fraction of sp³-hybridized carbons (Fsp3) is 0.440. The molecule has 4 nitrogen and oxygen atoms in total.